The van der Waals surface area contributed by atoms with Crippen molar-refractivity contribution in [2.75, 3.05) is 11.9 Å². The van der Waals surface area contributed by atoms with Crippen LogP contribution in [0.1, 0.15) is 36.3 Å². The summed E-state index contributed by atoms with van der Waals surface area (Å²) in [7, 11) is 0. The molecule has 0 unspecified atom stereocenters. The van der Waals surface area contributed by atoms with Crippen LogP contribution >= 0.6 is 15.9 Å². The molecule has 0 aliphatic rings. The highest BCUT2D eigenvalue weighted by molar-refractivity contribution is 9.10. The molecule has 0 saturated carbocycles. The first-order chi connectivity index (χ1) is 11.0. The van der Waals surface area contributed by atoms with Crippen LogP contribution in [-0.4, -0.2) is 17.4 Å². The van der Waals surface area contributed by atoms with Gasteiger partial charge < -0.3 is 10.6 Å². The zero-order valence-electron chi connectivity index (χ0n) is 13.7. The molecule has 0 radical (unpaired) electrons. The first-order valence-corrected chi connectivity index (χ1v) is 8.52. The molecule has 5 heteroatoms. The summed E-state index contributed by atoms with van der Waals surface area (Å²) in [4.78, 5) is 16.2. The van der Waals surface area contributed by atoms with E-state index in [9.17, 15) is 4.79 Å². The zero-order chi connectivity index (χ0) is 16.8. The normalized spacial score (nSPS) is 10.7. The molecule has 0 aliphatic heterocycles. The van der Waals surface area contributed by atoms with Gasteiger partial charge in [0.05, 0.1) is 17.6 Å². The number of benzene rings is 1. The molecule has 2 rings (SSSR count). The fourth-order valence-electron chi connectivity index (χ4n) is 2.04. The summed E-state index contributed by atoms with van der Waals surface area (Å²) < 4.78 is 0.994. The van der Waals surface area contributed by atoms with Gasteiger partial charge in [-0.25, -0.2) is 4.98 Å². The number of hydrogen-bond acceptors (Lipinski definition) is 3. The van der Waals surface area contributed by atoms with E-state index in [2.05, 4.69) is 45.4 Å². The van der Waals surface area contributed by atoms with Crippen molar-refractivity contribution >= 4 is 33.2 Å². The fourth-order valence-corrected chi connectivity index (χ4v) is 2.64. The lowest BCUT2D eigenvalue weighted by atomic mass is 10.1. The molecule has 0 atom stereocenters. The van der Waals surface area contributed by atoms with Crippen molar-refractivity contribution in [2.24, 2.45) is 5.92 Å². The molecule has 1 aromatic carbocycles. The van der Waals surface area contributed by atoms with E-state index in [0.717, 1.165) is 22.3 Å². The molecule has 2 N–H and O–H groups in total. The molecule has 2 aromatic rings. The van der Waals surface area contributed by atoms with E-state index in [1.165, 1.54) is 5.56 Å². The molecule has 4 nitrogen and oxygen atoms in total. The van der Waals surface area contributed by atoms with Gasteiger partial charge in [0.2, 0.25) is 0 Å². The Kier molecular flexibility index (Phi) is 6.16. The van der Waals surface area contributed by atoms with Gasteiger partial charge in [0.1, 0.15) is 5.69 Å². The Morgan fingerprint density at radius 2 is 2.04 bits per heavy atom. The monoisotopic (exact) mass is 375 g/mol. The van der Waals surface area contributed by atoms with Crippen molar-refractivity contribution in [1.29, 1.82) is 0 Å². The molecule has 23 heavy (non-hydrogen) atoms. The van der Waals surface area contributed by atoms with Gasteiger partial charge >= 0.3 is 0 Å². The van der Waals surface area contributed by atoms with Crippen molar-refractivity contribution < 1.29 is 4.79 Å². The minimum Gasteiger partial charge on any atom is -0.353 e. The van der Waals surface area contributed by atoms with Gasteiger partial charge in [-0.3, -0.25) is 4.79 Å². The molecule has 122 valence electrons. The number of rotatable bonds is 6. The Labute approximate surface area is 145 Å². The number of hydrogen-bond donors (Lipinski definition) is 2. The molecule has 0 saturated heterocycles. The molecule has 0 bridgehead atoms. The molecule has 0 fully saturated rings. The summed E-state index contributed by atoms with van der Waals surface area (Å²) in [6, 6.07) is 9.68. The summed E-state index contributed by atoms with van der Waals surface area (Å²) in [5.74, 6) is 0.441. The Morgan fingerprint density at radius 3 is 2.65 bits per heavy atom. The number of halogens is 1. The fraction of sp³-hybridized carbons (Fsp3) is 0.333. The van der Waals surface area contributed by atoms with Crippen LogP contribution in [0.25, 0.3) is 0 Å². The maximum atomic E-state index is 12.0. The molecular formula is C18H22BrN3O. The van der Waals surface area contributed by atoms with E-state index in [0.29, 0.717) is 18.2 Å². The van der Waals surface area contributed by atoms with Crippen molar-refractivity contribution in [2.45, 2.75) is 27.2 Å². The van der Waals surface area contributed by atoms with Crippen molar-refractivity contribution in [3.63, 3.8) is 0 Å². The minimum atomic E-state index is -0.131. The first-order valence-electron chi connectivity index (χ1n) is 7.73. The average molecular weight is 376 g/mol. The number of aryl methyl sites for hydroxylation is 1. The van der Waals surface area contributed by atoms with E-state index in [1.807, 2.05) is 31.2 Å². The van der Waals surface area contributed by atoms with E-state index < -0.39 is 0 Å². The van der Waals surface area contributed by atoms with Gasteiger partial charge in [-0.1, -0.05) is 19.9 Å². The lowest BCUT2D eigenvalue weighted by Gasteiger charge is -2.10. The van der Waals surface area contributed by atoms with Crippen LogP contribution in [0.3, 0.4) is 0 Å². The standard InChI is InChI=1S/C18H22BrN3O/c1-12(2)8-9-20-18(23)17-7-5-14(11-21-17)22-16-6-4-13(3)10-15(16)19/h4-7,10-12,22H,8-9H2,1-3H3,(H,20,23). The second-order valence-corrected chi connectivity index (χ2v) is 6.83. The van der Waals surface area contributed by atoms with Gasteiger partial charge in [0, 0.05) is 11.0 Å². The molecule has 0 aliphatic carbocycles. The van der Waals surface area contributed by atoms with Gasteiger partial charge in [-0.2, -0.15) is 0 Å². The van der Waals surface area contributed by atoms with Gasteiger partial charge in [0.15, 0.2) is 0 Å². The van der Waals surface area contributed by atoms with Crippen LogP contribution in [0.15, 0.2) is 41.0 Å². The van der Waals surface area contributed by atoms with Crippen LogP contribution in [0.2, 0.25) is 0 Å². The highest BCUT2D eigenvalue weighted by Crippen LogP contribution is 2.26. The van der Waals surface area contributed by atoms with E-state index in [4.69, 9.17) is 0 Å². The highest BCUT2D eigenvalue weighted by atomic mass is 79.9. The third-order valence-corrected chi connectivity index (χ3v) is 4.06. The predicted molar refractivity (Wildman–Crippen MR) is 98.2 cm³/mol. The SMILES string of the molecule is Cc1ccc(Nc2ccc(C(=O)NCCC(C)C)nc2)c(Br)c1. The maximum Gasteiger partial charge on any atom is 0.269 e. The lowest BCUT2D eigenvalue weighted by Crippen LogP contribution is -2.26. The number of carbonyl (C=O) groups is 1. The predicted octanol–water partition coefficient (Wildman–Crippen LogP) is 4.67. The van der Waals surface area contributed by atoms with Crippen LogP contribution in [-0.2, 0) is 0 Å². The Hall–Kier alpha value is -1.88. The summed E-state index contributed by atoms with van der Waals surface area (Å²) >= 11 is 3.54. The largest absolute Gasteiger partial charge is 0.353 e. The number of pyridine rings is 1. The zero-order valence-corrected chi connectivity index (χ0v) is 15.3. The Bertz CT molecular complexity index is 668. The molecule has 1 amide bonds. The number of carbonyl (C=O) groups excluding carboxylic acids is 1. The summed E-state index contributed by atoms with van der Waals surface area (Å²) in [5.41, 5.74) is 3.43. The molecule has 0 spiro atoms. The number of anilines is 2. The minimum absolute atomic E-state index is 0.131. The smallest absolute Gasteiger partial charge is 0.269 e. The van der Waals surface area contributed by atoms with Crippen LogP contribution in [0.4, 0.5) is 11.4 Å². The quantitative estimate of drug-likeness (QED) is 0.770. The lowest BCUT2D eigenvalue weighted by molar-refractivity contribution is 0.0947. The second kappa shape index (κ2) is 8.11. The van der Waals surface area contributed by atoms with Crippen LogP contribution in [0.5, 0.6) is 0 Å². The molecule has 1 heterocycles. The number of nitrogens with zero attached hydrogens (tertiary/aromatic N) is 1. The summed E-state index contributed by atoms with van der Waals surface area (Å²) in [6.07, 6.45) is 2.64. The third kappa shape index (κ3) is 5.36. The number of nitrogens with one attached hydrogen (secondary N) is 2. The van der Waals surface area contributed by atoms with Crippen molar-refractivity contribution in [3.8, 4) is 0 Å². The van der Waals surface area contributed by atoms with Crippen LogP contribution in [0, 0.1) is 12.8 Å². The van der Waals surface area contributed by atoms with E-state index >= 15 is 0 Å². The average Bonchev–Trinajstić information content (AvgIpc) is 2.50. The van der Waals surface area contributed by atoms with Crippen LogP contribution < -0.4 is 10.6 Å². The van der Waals surface area contributed by atoms with E-state index in [1.54, 1.807) is 12.3 Å². The summed E-state index contributed by atoms with van der Waals surface area (Å²) in [6.45, 7) is 6.99. The van der Waals surface area contributed by atoms with Gasteiger partial charge in [0.25, 0.3) is 5.91 Å². The number of aromatic nitrogens is 1. The summed E-state index contributed by atoms with van der Waals surface area (Å²) in [5, 5.41) is 6.17. The topological polar surface area (TPSA) is 54.0 Å². The van der Waals surface area contributed by atoms with E-state index in [-0.39, 0.29) is 5.91 Å². The first kappa shape index (κ1) is 17.5. The Balaban J connectivity index is 1.97. The maximum absolute atomic E-state index is 12.0. The van der Waals surface area contributed by atoms with Crippen molar-refractivity contribution in [3.05, 3.63) is 52.3 Å². The third-order valence-electron chi connectivity index (χ3n) is 3.41. The van der Waals surface area contributed by atoms with Gasteiger partial charge in [-0.15, -0.1) is 0 Å². The molecule has 1 aromatic heterocycles. The number of amides is 1. The molecular weight excluding hydrogens is 354 g/mol. The Morgan fingerprint density at radius 1 is 1.26 bits per heavy atom. The highest BCUT2D eigenvalue weighted by Gasteiger charge is 2.07. The second-order valence-electron chi connectivity index (χ2n) is 5.98. The van der Waals surface area contributed by atoms with Gasteiger partial charge in [-0.05, 0) is 65.0 Å². The van der Waals surface area contributed by atoms with Crippen molar-refractivity contribution in [1.82, 2.24) is 10.3 Å².